The van der Waals surface area contributed by atoms with Gasteiger partial charge < -0.3 is 5.73 Å². The lowest BCUT2D eigenvalue weighted by atomic mass is 9.68. The number of nitrogens with two attached hydrogens (primary N) is 1. The minimum absolute atomic E-state index is 0.0315. The first kappa shape index (κ1) is 12.9. The first-order valence-corrected chi connectivity index (χ1v) is 7.20. The van der Waals surface area contributed by atoms with Crippen LogP contribution in [-0.4, -0.2) is 29.9 Å². The molecule has 1 aliphatic heterocycles. The zero-order valence-corrected chi connectivity index (χ0v) is 11.1. The van der Waals surface area contributed by atoms with Gasteiger partial charge in [-0.2, -0.15) is 0 Å². The molecule has 2 fully saturated rings. The van der Waals surface area contributed by atoms with Gasteiger partial charge in [-0.1, -0.05) is 26.2 Å². The van der Waals surface area contributed by atoms with Crippen LogP contribution in [0, 0.1) is 5.41 Å². The van der Waals surface area contributed by atoms with E-state index in [0.717, 1.165) is 19.5 Å². The van der Waals surface area contributed by atoms with E-state index in [9.17, 15) is 4.79 Å². The van der Waals surface area contributed by atoms with Crippen molar-refractivity contribution < 1.29 is 4.79 Å². The summed E-state index contributed by atoms with van der Waals surface area (Å²) in [5.74, 6) is -0.146. The van der Waals surface area contributed by atoms with E-state index >= 15 is 0 Å². The van der Waals surface area contributed by atoms with Gasteiger partial charge in [-0.15, -0.1) is 0 Å². The Kier molecular flexibility index (Phi) is 4.08. The predicted octanol–water partition coefficient (Wildman–Crippen LogP) is 2.30. The van der Waals surface area contributed by atoms with Crippen molar-refractivity contribution in [2.24, 2.45) is 11.1 Å². The zero-order valence-electron chi connectivity index (χ0n) is 11.1. The lowest BCUT2D eigenvalue weighted by Crippen LogP contribution is -2.50. The molecule has 1 heterocycles. The van der Waals surface area contributed by atoms with Gasteiger partial charge in [0.2, 0.25) is 5.91 Å². The summed E-state index contributed by atoms with van der Waals surface area (Å²) >= 11 is 0. The van der Waals surface area contributed by atoms with Crippen molar-refractivity contribution in [2.75, 3.05) is 13.1 Å². The summed E-state index contributed by atoms with van der Waals surface area (Å²) in [6.45, 7) is 4.20. The van der Waals surface area contributed by atoms with E-state index in [-0.39, 0.29) is 11.9 Å². The zero-order chi connectivity index (χ0) is 12.3. The van der Waals surface area contributed by atoms with Gasteiger partial charge in [0, 0.05) is 0 Å². The van der Waals surface area contributed by atoms with Gasteiger partial charge in [0.1, 0.15) is 0 Å². The van der Waals surface area contributed by atoms with Crippen LogP contribution in [0.4, 0.5) is 0 Å². The molecule has 1 spiro atoms. The van der Waals surface area contributed by atoms with E-state index in [0.29, 0.717) is 5.41 Å². The highest BCUT2D eigenvalue weighted by Gasteiger charge is 2.37. The maximum absolute atomic E-state index is 11.4. The number of amides is 1. The van der Waals surface area contributed by atoms with Gasteiger partial charge in [-0.05, 0) is 50.6 Å². The Bertz CT molecular complexity index is 261. The van der Waals surface area contributed by atoms with Crippen LogP contribution in [0.25, 0.3) is 0 Å². The molecule has 98 valence electrons. The largest absolute Gasteiger partial charge is 0.368 e. The standard InChI is InChI=1S/C14H26N2O/c1-2-12(13(15)17)16-10-8-14(9-11-16)6-4-3-5-7-14/h12H,2-11H2,1H3,(H2,15,17). The number of primary amides is 1. The molecule has 1 saturated heterocycles. The SMILES string of the molecule is CCC(C(N)=O)N1CCC2(CCCCC2)CC1. The molecular weight excluding hydrogens is 212 g/mol. The molecule has 0 radical (unpaired) electrons. The number of hydrogen-bond donors (Lipinski definition) is 1. The second-order valence-electron chi connectivity index (χ2n) is 5.92. The summed E-state index contributed by atoms with van der Waals surface area (Å²) in [5, 5.41) is 0. The van der Waals surface area contributed by atoms with E-state index in [2.05, 4.69) is 11.8 Å². The third-order valence-electron chi connectivity index (χ3n) is 4.93. The van der Waals surface area contributed by atoms with E-state index in [4.69, 9.17) is 5.73 Å². The second kappa shape index (κ2) is 5.38. The Morgan fingerprint density at radius 3 is 2.24 bits per heavy atom. The van der Waals surface area contributed by atoms with Crippen molar-refractivity contribution in [1.29, 1.82) is 0 Å². The fourth-order valence-corrected chi connectivity index (χ4v) is 3.75. The molecule has 3 heteroatoms. The van der Waals surface area contributed by atoms with Crippen LogP contribution in [0.15, 0.2) is 0 Å². The smallest absolute Gasteiger partial charge is 0.234 e. The summed E-state index contributed by atoms with van der Waals surface area (Å²) < 4.78 is 0. The van der Waals surface area contributed by atoms with Crippen molar-refractivity contribution >= 4 is 5.91 Å². The number of carbonyl (C=O) groups is 1. The number of likely N-dealkylation sites (tertiary alicyclic amines) is 1. The molecule has 1 saturated carbocycles. The van der Waals surface area contributed by atoms with Gasteiger partial charge in [0.25, 0.3) is 0 Å². The lowest BCUT2D eigenvalue weighted by Gasteiger charge is -2.45. The average Bonchev–Trinajstić information content (AvgIpc) is 2.33. The highest BCUT2D eigenvalue weighted by Crippen LogP contribution is 2.44. The van der Waals surface area contributed by atoms with Crippen LogP contribution >= 0.6 is 0 Å². The molecule has 2 N–H and O–H groups in total. The molecule has 2 rings (SSSR count). The van der Waals surface area contributed by atoms with Gasteiger partial charge in [0.05, 0.1) is 6.04 Å². The predicted molar refractivity (Wildman–Crippen MR) is 69.6 cm³/mol. The second-order valence-corrected chi connectivity index (χ2v) is 5.92. The molecule has 0 bridgehead atoms. The Balaban J connectivity index is 1.90. The molecule has 1 atom stereocenters. The van der Waals surface area contributed by atoms with Crippen molar-refractivity contribution in [3.8, 4) is 0 Å². The molecule has 2 aliphatic rings. The molecule has 1 aliphatic carbocycles. The van der Waals surface area contributed by atoms with Crippen LogP contribution < -0.4 is 5.73 Å². The van der Waals surface area contributed by atoms with Crippen LogP contribution in [0.1, 0.15) is 58.3 Å². The number of hydrogen-bond acceptors (Lipinski definition) is 2. The third kappa shape index (κ3) is 2.82. The normalized spacial score (nSPS) is 26.9. The van der Waals surface area contributed by atoms with E-state index < -0.39 is 0 Å². The first-order valence-electron chi connectivity index (χ1n) is 7.20. The summed E-state index contributed by atoms with van der Waals surface area (Å²) in [4.78, 5) is 13.7. The number of carbonyl (C=O) groups excluding carboxylic acids is 1. The highest BCUT2D eigenvalue weighted by molar-refractivity contribution is 5.79. The summed E-state index contributed by atoms with van der Waals surface area (Å²) in [5.41, 5.74) is 6.08. The summed E-state index contributed by atoms with van der Waals surface area (Å²) in [7, 11) is 0. The Hall–Kier alpha value is -0.570. The van der Waals surface area contributed by atoms with E-state index in [1.165, 1.54) is 44.9 Å². The summed E-state index contributed by atoms with van der Waals surface area (Å²) in [6, 6.07) is -0.0315. The minimum Gasteiger partial charge on any atom is -0.368 e. The number of rotatable bonds is 3. The lowest BCUT2D eigenvalue weighted by molar-refractivity contribution is -0.124. The van der Waals surface area contributed by atoms with Crippen LogP contribution in [-0.2, 0) is 4.79 Å². The molecular formula is C14H26N2O. The van der Waals surface area contributed by atoms with Crippen molar-refractivity contribution in [3.63, 3.8) is 0 Å². The van der Waals surface area contributed by atoms with Crippen LogP contribution in [0.5, 0.6) is 0 Å². The van der Waals surface area contributed by atoms with Crippen LogP contribution in [0.3, 0.4) is 0 Å². The molecule has 3 nitrogen and oxygen atoms in total. The maximum atomic E-state index is 11.4. The Morgan fingerprint density at radius 1 is 1.18 bits per heavy atom. The van der Waals surface area contributed by atoms with E-state index in [1.54, 1.807) is 0 Å². The quantitative estimate of drug-likeness (QED) is 0.820. The van der Waals surface area contributed by atoms with Crippen molar-refractivity contribution in [2.45, 2.75) is 64.3 Å². The van der Waals surface area contributed by atoms with Crippen molar-refractivity contribution in [1.82, 2.24) is 4.90 Å². The molecule has 0 aromatic rings. The minimum atomic E-state index is -0.146. The molecule has 0 aromatic carbocycles. The molecule has 17 heavy (non-hydrogen) atoms. The molecule has 1 unspecified atom stereocenters. The average molecular weight is 238 g/mol. The fourth-order valence-electron chi connectivity index (χ4n) is 3.75. The van der Waals surface area contributed by atoms with Gasteiger partial charge in [0.15, 0.2) is 0 Å². The Morgan fingerprint density at radius 2 is 1.76 bits per heavy atom. The maximum Gasteiger partial charge on any atom is 0.234 e. The highest BCUT2D eigenvalue weighted by atomic mass is 16.1. The monoisotopic (exact) mass is 238 g/mol. The first-order chi connectivity index (χ1) is 8.17. The van der Waals surface area contributed by atoms with Crippen LogP contribution in [0.2, 0.25) is 0 Å². The molecule has 1 amide bonds. The number of nitrogens with zero attached hydrogens (tertiary/aromatic N) is 1. The third-order valence-corrected chi connectivity index (χ3v) is 4.93. The van der Waals surface area contributed by atoms with Gasteiger partial charge >= 0.3 is 0 Å². The number of piperidine rings is 1. The summed E-state index contributed by atoms with van der Waals surface area (Å²) in [6.07, 6.45) is 10.5. The van der Waals surface area contributed by atoms with Gasteiger partial charge in [-0.3, -0.25) is 9.69 Å². The van der Waals surface area contributed by atoms with E-state index in [1.807, 2.05) is 0 Å². The topological polar surface area (TPSA) is 46.3 Å². The molecule has 0 aromatic heterocycles. The van der Waals surface area contributed by atoms with Crippen molar-refractivity contribution in [3.05, 3.63) is 0 Å². The fraction of sp³-hybridized carbons (Fsp3) is 0.929. The van der Waals surface area contributed by atoms with Gasteiger partial charge in [-0.25, -0.2) is 0 Å². The Labute approximate surface area is 105 Å².